The van der Waals surface area contributed by atoms with E-state index in [9.17, 15) is 4.79 Å². The molecule has 1 fully saturated rings. The van der Waals surface area contributed by atoms with E-state index in [0.717, 1.165) is 24.8 Å². The van der Waals surface area contributed by atoms with Crippen molar-refractivity contribution in [3.63, 3.8) is 0 Å². The summed E-state index contributed by atoms with van der Waals surface area (Å²) in [5.41, 5.74) is 2.34. The maximum atomic E-state index is 13.7. The minimum absolute atomic E-state index is 0.0237. The normalized spacial score (nSPS) is 17.2. The highest BCUT2D eigenvalue weighted by molar-refractivity contribution is 6.35. The molecule has 0 N–H and O–H groups in total. The van der Waals surface area contributed by atoms with Crippen LogP contribution in [0.2, 0.25) is 5.02 Å². The number of hydrogen-bond donors (Lipinski definition) is 0. The Balaban J connectivity index is 1.73. The lowest BCUT2D eigenvalue weighted by atomic mass is 10.1. The molecule has 30 heavy (non-hydrogen) atoms. The summed E-state index contributed by atoms with van der Waals surface area (Å²) in [6.07, 6.45) is 6.36. The highest BCUT2D eigenvalue weighted by Crippen LogP contribution is 2.26. The maximum absolute atomic E-state index is 13.7. The topological polar surface area (TPSA) is 88.5 Å². The molecule has 0 bridgehead atoms. The van der Waals surface area contributed by atoms with Crippen LogP contribution in [-0.4, -0.2) is 48.8 Å². The van der Waals surface area contributed by atoms with Crippen molar-refractivity contribution in [3.05, 3.63) is 51.8 Å². The molecule has 0 radical (unpaired) electrons. The van der Waals surface area contributed by atoms with E-state index in [0.29, 0.717) is 47.3 Å². The van der Waals surface area contributed by atoms with Crippen LogP contribution in [0.1, 0.15) is 25.0 Å². The zero-order valence-electron chi connectivity index (χ0n) is 16.5. The van der Waals surface area contributed by atoms with Crippen molar-refractivity contribution in [2.45, 2.75) is 38.5 Å². The van der Waals surface area contributed by atoms with Gasteiger partial charge in [0, 0.05) is 13.7 Å². The second kappa shape index (κ2) is 7.82. The molecule has 1 saturated heterocycles. The Morgan fingerprint density at radius 1 is 1.30 bits per heavy atom. The summed E-state index contributed by atoms with van der Waals surface area (Å²) in [5.74, 6) is 0.412. The van der Waals surface area contributed by atoms with Gasteiger partial charge in [-0.05, 0) is 31.4 Å². The molecule has 1 aromatic carbocycles. The van der Waals surface area contributed by atoms with Crippen LogP contribution in [0.5, 0.6) is 0 Å². The van der Waals surface area contributed by atoms with E-state index in [1.54, 1.807) is 34.7 Å². The fraction of sp³-hybridized carbons (Fsp3) is 0.400. The highest BCUT2D eigenvalue weighted by atomic mass is 35.5. The number of methoxy groups -OCH3 is 1. The molecule has 1 atom stereocenters. The number of halogens is 1. The first-order valence-electron chi connectivity index (χ1n) is 9.87. The molecule has 0 spiro atoms. The largest absolute Gasteiger partial charge is 0.378 e. The van der Waals surface area contributed by atoms with Crippen LogP contribution in [0.3, 0.4) is 0 Å². The van der Waals surface area contributed by atoms with E-state index in [2.05, 4.69) is 15.3 Å². The number of ether oxygens (including phenoxy) is 2. The Kier molecular flexibility index (Phi) is 5.01. The molecule has 1 aliphatic heterocycles. The van der Waals surface area contributed by atoms with Crippen LogP contribution in [0.25, 0.3) is 22.4 Å². The van der Waals surface area contributed by atoms with Crippen molar-refractivity contribution in [3.8, 4) is 5.82 Å². The average molecular weight is 429 g/mol. The van der Waals surface area contributed by atoms with Gasteiger partial charge in [-0.3, -0.25) is 9.20 Å². The molecule has 156 valence electrons. The van der Waals surface area contributed by atoms with Gasteiger partial charge in [0.2, 0.25) is 0 Å². The van der Waals surface area contributed by atoms with Gasteiger partial charge >= 0.3 is 0 Å². The van der Waals surface area contributed by atoms with E-state index in [1.807, 2.05) is 12.1 Å². The van der Waals surface area contributed by atoms with Gasteiger partial charge in [-0.2, -0.15) is 4.68 Å². The number of rotatable bonds is 5. The van der Waals surface area contributed by atoms with Crippen molar-refractivity contribution in [2.24, 2.45) is 0 Å². The van der Waals surface area contributed by atoms with Crippen LogP contribution in [0.4, 0.5) is 0 Å². The molecule has 10 heteroatoms. The standard InChI is InChI=1S/C20H21ClN6O3/c1-29-11-13-9-27(24-23-13)19-18-20(28)25(10-14-5-2-3-8-30-14)17-15(21)6-4-7-16(17)26(18)12-22-19/h4,6-7,9,12,14H,2-3,5,8,10-11H2,1H3. The summed E-state index contributed by atoms with van der Waals surface area (Å²) < 4.78 is 16.0. The third-order valence-corrected chi connectivity index (χ3v) is 5.71. The lowest BCUT2D eigenvalue weighted by Crippen LogP contribution is -2.32. The Bertz CT molecular complexity index is 1270. The van der Waals surface area contributed by atoms with E-state index >= 15 is 0 Å². The number of benzene rings is 1. The molecule has 0 amide bonds. The average Bonchev–Trinajstić information content (AvgIpc) is 3.39. The van der Waals surface area contributed by atoms with Crippen LogP contribution in [0, 0.1) is 0 Å². The Hall–Kier alpha value is -2.75. The lowest BCUT2D eigenvalue weighted by molar-refractivity contribution is 0.00620. The number of hydrogen-bond acceptors (Lipinski definition) is 6. The second-order valence-electron chi connectivity index (χ2n) is 7.39. The first-order chi connectivity index (χ1) is 14.7. The van der Waals surface area contributed by atoms with Crippen molar-refractivity contribution in [1.29, 1.82) is 0 Å². The Labute approximate surface area is 176 Å². The molecule has 1 unspecified atom stereocenters. The molecule has 5 rings (SSSR count). The van der Waals surface area contributed by atoms with Gasteiger partial charge in [-0.1, -0.05) is 22.9 Å². The molecule has 3 aromatic heterocycles. The zero-order chi connectivity index (χ0) is 20.7. The van der Waals surface area contributed by atoms with Crippen molar-refractivity contribution >= 4 is 28.2 Å². The minimum Gasteiger partial charge on any atom is -0.378 e. The lowest BCUT2D eigenvalue weighted by Gasteiger charge is -2.24. The van der Waals surface area contributed by atoms with Crippen LogP contribution >= 0.6 is 11.6 Å². The summed E-state index contributed by atoms with van der Waals surface area (Å²) in [6, 6.07) is 5.58. The number of aromatic nitrogens is 6. The maximum Gasteiger partial charge on any atom is 0.279 e. The second-order valence-corrected chi connectivity index (χ2v) is 7.79. The quantitative estimate of drug-likeness (QED) is 0.485. The molecule has 4 heterocycles. The minimum atomic E-state index is -0.193. The van der Waals surface area contributed by atoms with Crippen molar-refractivity contribution in [2.75, 3.05) is 13.7 Å². The number of imidazole rings is 1. The zero-order valence-corrected chi connectivity index (χ0v) is 17.2. The van der Waals surface area contributed by atoms with Gasteiger partial charge in [-0.25, -0.2) is 4.98 Å². The molecule has 0 saturated carbocycles. The molecular formula is C20H21ClN6O3. The van der Waals surface area contributed by atoms with Crippen molar-refractivity contribution < 1.29 is 9.47 Å². The van der Waals surface area contributed by atoms with Crippen LogP contribution in [-0.2, 0) is 22.6 Å². The van der Waals surface area contributed by atoms with Gasteiger partial charge in [0.1, 0.15) is 12.0 Å². The Morgan fingerprint density at radius 2 is 2.20 bits per heavy atom. The van der Waals surface area contributed by atoms with E-state index in [-0.39, 0.29) is 11.7 Å². The predicted octanol–water partition coefficient (Wildman–Crippen LogP) is 2.60. The molecular weight excluding hydrogens is 408 g/mol. The highest BCUT2D eigenvalue weighted by Gasteiger charge is 2.22. The van der Waals surface area contributed by atoms with Gasteiger partial charge in [0.05, 0.1) is 41.5 Å². The molecule has 4 aromatic rings. The van der Waals surface area contributed by atoms with Gasteiger partial charge in [0.25, 0.3) is 5.56 Å². The first-order valence-corrected chi connectivity index (χ1v) is 10.3. The summed E-state index contributed by atoms with van der Waals surface area (Å²) in [6.45, 7) is 1.48. The molecule has 9 nitrogen and oxygen atoms in total. The predicted molar refractivity (Wildman–Crippen MR) is 111 cm³/mol. The van der Waals surface area contributed by atoms with E-state index < -0.39 is 0 Å². The third-order valence-electron chi connectivity index (χ3n) is 5.40. The first kappa shape index (κ1) is 19.2. The van der Waals surface area contributed by atoms with E-state index in [1.165, 1.54) is 4.68 Å². The fourth-order valence-corrected chi connectivity index (χ4v) is 4.30. The smallest absolute Gasteiger partial charge is 0.279 e. The third kappa shape index (κ3) is 3.19. The Morgan fingerprint density at radius 3 is 3.00 bits per heavy atom. The number of para-hydroxylation sites is 1. The van der Waals surface area contributed by atoms with E-state index in [4.69, 9.17) is 21.1 Å². The summed E-state index contributed by atoms with van der Waals surface area (Å²) >= 11 is 6.54. The summed E-state index contributed by atoms with van der Waals surface area (Å²) in [7, 11) is 1.59. The van der Waals surface area contributed by atoms with Crippen molar-refractivity contribution in [1.82, 2.24) is 28.9 Å². The SMILES string of the molecule is COCc1cn(-c2ncn3c2c(=O)n(CC2CCCCO2)c2c(Cl)cccc23)nn1. The van der Waals surface area contributed by atoms with Crippen LogP contribution in [0.15, 0.2) is 35.5 Å². The fourth-order valence-electron chi connectivity index (χ4n) is 4.03. The summed E-state index contributed by atoms with van der Waals surface area (Å²) in [5, 5.41) is 8.72. The summed E-state index contributed by atoms with van der Waals surface area (Å²) in [4.78, 5) is 18.1. The molecule has 1 aliphatic rings. The monoisotopic (exact) mass is 428 g/mol. The van der Waals surface area contributed by atoms with Crippen LogP contribution < -0.4 is 5.56 Å². The molecule has 0 aliphatic carbocycles. The number of fused-ring (bicyclic) bond motifs is 3. The van der Waals surface area contributed by atoms with Gasteiger partial charge in [-0.15, -0.1) is 5.10 Å². The van der Waals surface area contributed by atoms with Gasteiger partial charge in [0.15, 0.2) is 11.3 Å². The number of nitrogens with zero attached hydrogens (tertiary/aromatic N) is 6. The van der Waals surface area contributed by atoms with Gasteiger partial charge < -0.3 is 14.0 Å².